The molecule has 0 radical (unpaired) electrons. The van der Waals surface area contributed by atoms with E-state index in [0.29, 0.717) is 12.2 Å². The minimum absolute atomic E-state index is 0.285. The highest BCUT2D eigenvalue weighted by molar-refractivity contribution is 5.89. The number of hydrogen-bond donors (Lipinski definition) is 2. The molecule has 0 saturated heterocycles. The molecule has 0 aliphatic rings. The lowest BCUT2D eigenvalue weighted by atomic mass is 10.4. The van der Waals surface area contributed by atoms with Crippen LogP contribution in [0.5, 0.6) is 0 Å². The zero-order valence-electron chi connectivity index (χ0n) is 11.9. The Bertz CT molecular complexity index is 586. The van der Waals surface area contributed by atoms with Crippen LogP contribution in [0.3, 0.4) is 0 Å². The van der Waals surface area contributed by atoms with E-state index >= 15 is 0 Å². The Balaban J connectivity index is 1.89. The number of aryl methyl sites for hydroxylation is 3. The Morgan fingerprint density at radius 3 is 2.90 bits per heavy atom. The van der Waals surface area contributed by atoms with E-state index in [2.05, 4.69) is 32.9 Å². The number of aromatic nitrogens is 5. The molecular weight excluding hydrogens is 258 g/mol. The molecule has 0 unspecified atom stereocenters. The highest BCUT2D eigenvalue weighted by Crippen LogP contribution is 2.10. The van der Waals surface area contributed by atoms with Gasteiger partial charge in [0.05, 0.1) is 17.9 Å². The van der Waals surface area contributed by atoms with Crippen molar-refractivity contribution in [2.45, 2.75) is 33.4 Å². The zero-order valence-corrected chi connectivity index (χ0v) is 11.9. The van der Waals surface area contributed by atoms with E-state index in [4.69, 9.17) is 0 Å². The maximum Gasteiger partial charge on any atom is 0.319 e. The van der Waals surface area contributed by atoms with Crippen LogP contribution in [0.1, 0.15) is 24.9 Å². The van der Waals surface area contributed by atoms with Crippen LogP contribution in [0.4, 0.5) is 10.5 Å². The van der Waals surface area contributed by atoms with Gasteiger partial charge in [-0.2, -0.15) is 5.10 Å². The molecule has 0 bridgehead atoms. The predicted molar refractivity (Wildman–Crippen MR) is 74.1 cm³/mol. The summed E-state index contributed by atoms with van der Waals surface area (Å²) in [6.45, 7) is 5.10. The van der Waals surface area contributed by atoms with E-state index in [9.17, 15) is 4.79 Å². The number of carbonyl (C=O) groups is 1. The molecule has 0 fully saturated rings. The Morgan fingerprint density at radius 2 is 2.25 bits per heavy atom. The fourth-order valence-corrected chi connectivity index (χ4v) is 1.89. The molecule has 8 nitrogen and oxygen atoms in total. The van der Waals surface area contributed by atoms with Crippen LogP contribution >= 0.6 is 0 Å². The van der Waals surface area contributed by atoms with Crippen molar-refractivity contribution in [3.05, 3.63) is 24.0 Å². The van der Waals surface area contributed by atoms with Gasteiger partial charge in [0, 0.05) is 19.8 Å². The minimum atomic E-state index is -0.285. The summed E-state index contributed by atoms with van der Waals surface area (Å²) in [6, 6.07) is -0.285. The number of rotatable bonds is 5. The van der Waals surface area contributed by atoms with Crippen molar-refractivity contribution >= 4 is 11.7 Å². The second-order valence-electron chi connectivity index (χ2n) is 4.55. The molecule has 2 aromatic rings. The number of carbonyl (C=O) groups excluding carboxylic acids is 1. The SMILES string of the molecule is CCCn1cnnc1CNC(=O)Nc1cn(C)nc1C. The molecule has 0 aromatic carbocycles. The highest BCUT2D eigenvalue weighted by atomic mass is 16.2. The summed E-state index contributed by atoms with van der Waals surface area (Å²) < 4.78 is 3.58. The molecule has 0 spiro atoms. The fraction of sp³-hybridized carbons (Fsp3) is 0.500. The van der Waals surface area contributed by atoms with Gasteiger partial charge in [0.1, 0.15) is 6.33 Å². The molecule has 0 atom stereocenters. The van der Waals surface area contributed by atoms with Crippen molar-refractivity contribution in [2.24, 2.45) is 7.05 Å². The van der Waals surface area contributed by atoms with Gasteiger partial charge in [-0.25, -0.2) is 4.79 Å². The largest absolute Gasteiger partial charge is 0.331 e. The van der Waals surface area contributed by atoms with Crippen molar-refractivity contribution in [3.8, 4) is 0 Å². The van der Waals surface area contributed by atoms with Gasteiger partial charge in [-0.15, -0.1) is 10.2 Å². The molecule has 20 heavy (non-hydrogen) atoms. The van der Waals surface area contributed by atoms with E-state index in [0.717, 1.165) is 24.5 Å². The Kier molecular flexibility index (Phi) is 4.34. The smallest absolute Gasteiger partial charge is 0.319 e. The summed E-state index contributed by atoms with van der Waals surface area (Å²) in [5.41, 5.74) is 1.47. The molecule has 2 aromatic heterocycles. The lowest BCUT2D eigenvalue weighted by Gasteiger charge is -2.07. The fourth-order valence-electron chi connectivity index (χ4n) is 1.89. The van der Waals surface area contributed by atoms with Crippen LogP contribution in [-0.2, 0) is 20.1 Å². The first kappa shape index (κ1) is 14.0. The van der Waals surface area contributed by atoms with E-state index in [1.165, 1.54) is 0 Å². The van der Waals surface area contributed by atoms with Crippen molar-refractivity contribution in [1.82, 2.24) is 29.9 Å². The van der Waals surface area contributed by atoms with Gasteiger partial charge in [-0.3, -0.25) is 4.68 Å². The third-order valence-electron chi connectivity index (χ3n) is 2.83. The molecule has 2 amide bonds. The monoisotopic (exact) mass is 277 g/mol. The third kappa shape index (κ3) is 3.34. The van der Waals surface area contributed by atoms with E-state index < -0.39 is 0 Å². The first-order valence-corrected chi connectivity index (χ1v) is 6.52. The average molecular weight is 277 g/mol. The van der Waals surface area contributed by atoms with Gasteiger partial charge in [0.25, 0.3) is 0 Å². The van der Waals surface area contributed by atoms with Crippen molar-refractivity contribution in [3.63, 3.8) is 0 Å². The second kappa shape index (κ2) is 6.18. The first-order chi connectivity index (χ1) is 9.60. The van der Waals surface area contributed by atoms with Crippen LogP contribution in [0.15, 0.2) is 12.5 Å². The molecule has 2 rings (SSSR count). The van der Waals surface area contributed by atoms with E-state index in [-0.39, 0.29) is 6.03 Å². The molecule has 8 heteroatoms. The summed E-state index contributed by atoms with van der Waals surface area (Å²) in [4.78, 5) is 11.8. The van der Waals surface area contributed by atoms with Gasteiger partial charge >= 0.3 is 6.03 Å². The number of urea groups is 1. The summed E-state index contributed by atoms with van der Waals surface area (Å²) >= 11 is 0. The normalized spacial score (nSPS) is 10.6. The standard InChI is InChI=1S/C12H19N7O/c1-4-5-19-8-14-16-11(19)6-13-12(20)15-10-7-18(3)17-9(10)2/h7-8H,4-6H2,1-3H3,(H2,13,15,20). The Hall–Kier alpha value is -2.38. The molecule has 2 heterocycles. The third-order valence-corrected chi connectivity index (χ3v) is 2.83. The summed E-state index contributed by atoms with van der Waals surface area (Å²) in [7, 11) is 1.81. The van der Waals surface area contributed by atoms with Gasteiger partial charge in [0.2, 0.25) is 0 Å². The molecular formula is C12H19N7O. The minimum Gasteiger partial charge on any atom is -0.331 e. The molecule has 2 N–H and O–H groups in total. The number of anilines is 1. The van der Waals surface area contributed by atoms with Gasteiger partial charge in [0.15, 0.2) is 5.82 Å². The number of hydrogen-bond acceptors (Lipinski definition) is 4. The summed E-state index contributed by atoms with van der Waals surface area (Å²) in [5.74, 6) is 0.741. The number of nitrogens with zero attached hydrogens (tertiary/aromatic N) is 5. The highest BCUT2D eigenvalue weighted by Gasteiger charge is 2.09. The maximum absolute atomic E-state index is 11.8. The summed E-state index contributed by atoms with van der Waals surface area (Å²) in [5, 5.41) is 17.5. The quantitative estimate of drug-likeness (QED) is 0.855. The van der Waals surface area contributed by atoms with Gasteiger partial charge < -0.3 is 15.2 Å². The van der Waals surface area contributed by atoms with Crippen LogP contribution in [0.2, 0.25) is 0 Å². The number of nitrogens with one attached hydrogen (secondary N) is 2. The molecule has 0 aliphatic carbocycles. The van der Waals surface area contributed by atoms with Crippen molar-refractivity contribution in [1.29, 1.82) is 0 Å². The predicted octanol–water partition coefficient (Wildman–Crippen LogP) is 1.05. The van der Waals surface area contributed by atoms with Crippen LogP contribution in [-0.4, -0.2) is 30.6 Å². The lowest BCUT2D eigenvalue weighted by Crippen LogP contribution is -2.29. The Morgan fingerprint density at radius 1 is 1.45 bits per heavy atom. The number of amides is 2. The first-order valence-electron chi connectivity index (χ1n) is 6.52. The zero-order chi connectivity index (χ0) is 14.5. The maximum atomic E-state index is 11.8. The van der Waals surface area contributed by atoms with Crippen LogP contribution < -0.4 is 10.6 Å². The molecule has 108 valence electrons. The van der Waals surface area contributed by atoms with Crippen molar-refractivity contribution < 1.29 is 4.79 Å². The van der Waals surface area contributed by atoms with Gasteiger partial charge in [-0.05, 0) is 13.3 Å². The van der Waals surface area contributed by atoms with E-state index in [1.807, 2.05) is 18.5 Å². The second-order valence-corrected chi connectivity index (χ2v) is 4.55. The van der Waals surface area contributed by atoms with Crippen LogP contribution in [0.25, 0.3) is 0 Å². The van der Waals surface area contributed by atoms with Crippen molar-refractivity contribution in [2.75, 3.05) is 5.32 Å². The topological polar surface area (TPSA) is 89.7 Å². The Labute approximate surface area is 117 Å². The molecule has 0 aliphatic heterocycles. The lowest BCUT2D eigenvalue weighted by molar-refractivity contribution is 0.251. The van der Waals surface area contributed by atoms with Crippen LogP contribution in [0, 0.1) is 6.92 Å². The van der Waals surface area contributed by atoms with E-state index in [1.54, 1.807) is 17.2 Å². The average Bonchev–Trinajstić information content (AvgIpc) is 2.95. The van der Waals surface area contributed by atoms with Gasteiger partial charge in [-0.1, -0.05) is 6.92 Å². The molecule has 0 saturated carbocycles. The summed E-state index contributed by atoms with van der Waals surface area (Å²) in [6.07, 6.45) is 4.42.